The Kier molecular flexibility index (Phi) is 2.24. The monoisotopic (exact) mass is 216 g/mol. The fourth-order valence-corrected chi connectivity index (χ4v) is 1.06. The second-order valence-electron chi connectivity index (χ2n) is 2.04. The van der Waals surface area contributed by atoms with Crippen LogP contribution in [0.5, 0.6) is 0 Å². The van der Waals surface area contributed by atoms with Crippen LogP contribution in [0.1, 0.15) is 5.56 Å². The molecule has 0 bridgehead atoms. The minimum absolute atomic E-state index is 0.320. The normalized spacial score (nSPS) is 9.64. The van der Waals surface area contributed by atoms with E-state index in [0.29, 0.717) is 15.7 Å². The van der Waals surface area contributed by atoms with Gasteiger partial charge < -0.3 is 11.1 Å². The van der Waals surface area contributed by atoms with Gasteiger partial charge in [0, 0.05) is 17.5 Å². The maximum absolute atomic E-state index is 12.7. The number of nitrogen functional groups attached to an aromatic ring is 1. The lowest BCUT2D eigenvalue weighted by molar-refractivity contribution is 0.621. The first-order chi connectivity index (χ1) is 5.15. The van der Waals surface area contributed by atoms with Crippen LogP contribution in [0.3, 0.4) is 0 Å². The lowest BCUT2D eigenvalue weighted by Gasteiger charge is -2.00. The minimum atomic E-state index is -0.405. The molecule has 3 N–H and O–H groups in total. The van der Waals surface area contributed by atoms with E-state index in [2.05, 4.69) is 15.9 Å². The molecule has 0 radical (unpaired) electrons. The number of nitrogens with one attached hydrogen (secondary N) is 1. The molecular formula is C7H6BrFN2. The van der Waals surface area contributed by atoms with Crippen molar-refractivity contribution in [1.29, 1.82) is 5.41 Å². The molecule has 2 nitrogen and oxygen atoms in total. The fraction of sp³-hybridized carbons (Fsp3) is 0. The van der Waals surface area contributed by atoms with Gasteiger partial charge in [-0.15, -0.1) is 0 Å². The predicted molar refractivity (Wildman–Crippen MR) is 46.4 cm³/mol. The van der Waals surface area contributed by atoms with E-state index in [0.717, 1.165) is 6.21 Å². The first-order valence-corrected chi connectivity index (χ1v) is 3.69. The van der Waals surface area contributed by atoms with Crippen LogP contribution >= 0.6 is 15.9 Å². The average molecular weight is 217 g/mol. The van der Waals surface area contributed by atoms with Crippen molar-refractivity contribution in [2.75, 3.05) is 5.73 Å². The van der Waals surface area contributed by atoms with Crippen molar-refractivity contribution >= 4 is 27.8 Å². The second-order valence-corrected chi connectivity index (χ2v) is 2.89. The van der Waals surface area contributed by atoms with Crippen LogP contribution in [0.25, 0.3) is 0 Å². The van der Waals surface area contributed by atoms with Gasteiger partial charge in [-0.1, -0.05) is 0 Å². The molecule has 0 atom stereocenters. The van der Waals surface area contributed by atoms with Crippen LogP contribution in [0, 0.1) is 11.2 Å². The van der Waals surface area contributed by atoms with Crippen molar-refractivity contribution in [2.24, 2.45) is 0 Å². The summed E-state index contributed by atoms with van der Waals surface area (Å²) in [6, 6.07) is 2.65. The van der Waals surface area contributed by atoms with Crippen LogP contribution in [0.4, 0.5) is 10.1 Å². The summed E-state index contributed by atoms with van der Waals surface area (Å²) in [6.45, 7) is 0. The van der Waals surface area contributed by atoms with E-state index < -0.39 is 5.82 Å². The topological polar surface area (TPSA) is 49.9 Å². The van der Waals surface area contributed by atoms with Crippen molar-refractivity contribution in [3.63, 3.8) is 0 Å². The molecule has 0 saturated heterocycles. The minimum Gasteiger partial charge on any atom is -0.398 e. The van der Waals surface area contributed by atoms with Crippen molar-refractivity contribution in [2.45, 2.75) is 0 Å². The van der Waals surface area contributed by atoms with E-state index in [1.54, 1.807) is 0 Å². The van der Waals surface area contributed by atoms with Gasteiger partial charge in [0.25, 0.3) is 0 Å². The van der Waals surface area contributed by atoms with Gasteiger partial charge in [-0.2, -0.15) is 0 Å². The average Bonchev–Trinajstić information content (AvgIpc) is 1.97. The smallest absolute Gasteiger partial charge is 0.138 e. The van der Waals surface area contributed by atoms with Gasteiger partial charge in [-0.3, -0.25) is 0 Å². The molecule has 1 rings (SSSR count). The Morgan fingerprint density at radius 1 is 1.55 bits per heavy atom. The fourth-order valence-electron chi connectivity index (χ4n) is 0.703. The Labute approximate surface area is 71.9 Å². The Balaban J connectivity index is 3.31. The Hall–Kier alpha value is -0.900. The Morgan fingerprint density at radius 3 is 2.73 bits per heavy atom. The van der Waals surface area contributed by atoms with E-state index >= 15 is 0 Å². The largest absolute Gasteiger partial charge is 0.398 e. The molecule has 0 spiro atoms. The molecule has 0 fully saturated rings. The Bertz CT molecular complexity index is 299. The number of nitrogens with two attached hydrogens (primary N) is 1. The van der Waals surface area contributed by atoms with E-state index in [4.69, 9.17) is 11.1 Å². The number of hydrogen-bond acceptors (Lipinski definition) is 2. The van der Waals surface area contributed by atoms with E-state index in [9.17, 15) is 4.39 Å². The van der Waals surface area contributed by atoms with Gasteiger partial charge in [-0.05, 0) is 28.1 Å². The first kappa shape index (κ1) is 8.20. The van der Waals surface area contributed by atoms with E-state index in [1.165, 1.54) is 12.1 Å². The first-order valence-electron chi connectivity index (χ1n) is 2.90. The van der Waals surface area contributed by atoms with Crippen LogP contribution in [-0.4, -0.2) is 6.21 Å². The van der Waals surface area contributed by atoms with E-state index in [-0.39, 0.29) is 0 Å². The van der Waals surface area contributed by atoms with Crippen LogP contribution in [-0.2, 0) is 0 Å². The molecule has 1 aromatic carbocycles. The van der Waals surface area contributed by atoms with Gasteiger partial charge in [-0.25, -0.2) is 4.39 Å². The molecule has 58 valence electrons. The quantitative estimate of drug-likeness (QED) is 0.549. The summed E-state index contributed by atoms with van der Waals surface area (Å²) in [5.74, 6) is -0.405. The molecule has 0 aliphatic heterocycles. The maximum atomic E-state index is 12.7. The summed E-state index contributed by atoms with van der Waals surface area (Å²) in [5, 5.41) is 6.86. The number of hydrogen-bond donors (Lipinski definition) is 2. The molecule has 0 saturated carbocycles. The SMILES string of the molecule is N=Cc1cc(F)c(Br)cc1N. The maximum Gasteiger partial charge on any atom is 0.138 e. The zero-order valence-electron chi connectivity index (χ0n) is 5.57. The van der Waals surface area contributed by atoms with Gasteiger partial charge in [0.2, 0.25) is 0 Å². The zero-order chi connectivity index (χ0) is 8.43. The van der Waals surface area contributed by atoms with Crippen molar-refractivity contribution in [1.82, 2.24) is 0 Å². The zero-order valence-corrected chi connectivity index (χ0v) is 7.15. The van der Waals surface area contributed by atoms with Crippen molar-refractivity contribution < 1.29 is 4.39 Å². The summed E-state index contributed by atoms with van der Waals surface area (Å²) in [6.07, 6.45) is 1.02. The second kappa shape index (κ2) is 3.00. The van der Waals surface area contributed by atoms with Gasteiger partial charge in [0.15, 0.2) is 0 Å². The van der Waals surface area contributed by atoms with Crippen LogP contribution < -0.4 is 5.73 Å². The third kappa shape index (κ3) is 1.57. The van der Waals surface area contributed by atoms with Gasteiger partial charge in [0.1, 0.15) is 5.82 Å². The molecule has 0 unspecified atom stereocenters. The van der Waals surface area contributed by atoms with Crippen molar-refractivity contribution in [3.05, 3.63) is 28.0 Å². The van der Waals surface area contributed by atoms with Gasteiger partial charge >= 0.3 is 0 Å². The molecular weight excluding hydrogens is 211 g/mol. The molecule has 0 aliphatic rings. The summed E-state index contributed by atoms with van der Waals surface area (Å²) >= 11 is 2.98. The van der Waals surface area contributed by atoms with Gasteiger partial charge in [0.05, 0.1) is 4.47 Å². The van der Waals surface area contributed by atoms with Crippen LogP contribution in [0.15, 0.2) is 16.6 Å². The Morgan fingerprint density at radius 2 is 2.18 bits per heavy atom. The van der Waals surface area contributed by atoms with E-state index in [1.807, 2.05) is 0 Å². The highest BCUT2D eigenvalue weighted by Gasteiger charge is 2.02. The third-order valence-corrected chi connectivity index (χ3v) is 1.89. The number of rotatable bonds is 1. The molecule has 4 heteroatoms. The predicted octanol–water partition coefficient (Wildman–Crippen LogP) is 2.17. The molecule has 11 heavy (non-hydrogen) atoms. The highest BCUT2D eigenvalue weighted by Crippen LogP contribution is 2.21. The molecule has 0 amide bonds. The summed E-state index contributed by atoms with van der Waals surface area (Å²) in [4.78, 5) is 0. The summed E-state index contributed by atoms with van der Waals surface area (Å²) < 4.78 is 13.1. The van der Waals surface area contributed by atoms with Crippen LogP contribution in [0.2, 0.25) is 0 Å². The summed E-state index contributed by atoms with van der Waals surface area (Å²) in [7, 11) is 0. The number of halogens is 2. The molecule has 1 aromatic rings. The van der Waals surface area contributed by atoms with Crippen molar-refractivity contribution in [3.8, 4) is 0 Å². The lowest BCUT2D eigenvalue weighted by Crippen LogP contribution is -1.94. The highest BCUT2D eigenvalue weighted by atomic mass is 79.9. The highest BCUT2D eigenvalue weighted by molar-refractivity contribution is 9.10. The number of benzene rings is 1. The standard InChI is InChI=1S/C7H6BrFN2/c8-5-2-7(11)4(3-10)1-6(5)9/h1-3,10H,11H2. The lowest BCUT2D eigenvalue weighted by atomic mass is 10.2. The summed E-state index contributed by atoms with van der Waals surface area (Å²) in [5.41, 5.74) is 6.24. The third-order valence-electron chi connectivity index (χ3n) is 1.28. The number of anilines is 1. The molecule has 0 aliphatic carbocycles. The molecule has 0 aromatic heterocycles. The molecule has 0 heterocycles.